The minimum absolute atomic E-state index is 0.0952. The molecule has 1 atom stereocenters. The Balaban J connectivity index is 2.37. The van der Waals surface area contributed by atoms with E-state index in [-0.39, 0.29) is 19.1 Å². The van der Waals surface area contributed by atoms with Crippen LogP contribution in [-0.4, -0.2) is 43.5 Å². The summed E-state index contributed by atoms with van der Waals surface area (Å²) in [6, 6.07) is 5.64. The number of hydrogen-bond acceptors (Lipinski definition) is 4. The van der Waals surface area contributed by atoms with Crippen LogP contribution in [0.1, 0.15) is 18.9 Å². The fourth-order valence-corrected chi connectivity index (χ4v) is 2.22. The van der Waals surface area contributed by atoms with Crippen LogP contribution in [0.5, 0.6) is 5.75 Å². The molecule has 0 fully saturated rings. The maximum atomic E-state index is 11.7. The summed E-state index contributed by atoms with van der Waals surface area (Å²) in [5.74, 6) is 0.335. The fraction of sp³-hybridized carbons (Fsp3) is 0.533. The molecule has 21 heavy (non-hydrogen) atoms. The van der Waals surface area contributed by atoms with E-state index < -0.39 is 5.60 Å². The van der Waals surface area contributed by atoms with Crippen LogP contribution in [0.25, 0.3) is 0 Å². The van der Waals surface area contributed by atoms with Crippen molar-refractivity contribution in [1.82, 2.24) is 5.32 Å². The summed E-state index contributed by atoms with van der Waals surface area (Å²) in [5, 5.41) is 12.7. The number of rotatable bonds is 8. The van der Waals surface area contributed by atoms with Gasteiger partial charge in [0.05, 0.1) is 10.1 Å². The highest BCUT2D eigenvalue weighted by atomic mass is 79.9. The van der Waals surface area contributed by atoms with Crippen LogP contribution in [0.2, 0.25) is 0 Å². The Morgan fingerprint density at radius 1 is 1.48 bits per heavy atom. The summed E-state index contributed by atoms with van der Waals surface area (Å²) in [6.07, 6.45) is 0.453. The van der Waals surface area contributed by atoms with Crippen molar-refractivity contribution >= 4 is 21.8 Å². The molecule has 5 nitrogen and oxygen atoms in total. The molecular formula is C15H22BrNO4. The molecule has 1 aromatic carbocycles. The molecule has 0 aliphatic rings. The van der Waals surface area contributed by atoms with E-state index in [9.17, 15) is 9.90 Å². The molecule has 0 saturated heterocycles. The highest BCUT2D eigenvalue weighted by Crippen LogP contribution is 2.25. The van der Waals surface area contributed by atoms with Gasteiger partial charge in [0.1, 0.15) is 5.75 Å². The van der Waals surface area contributed by atoms with Gasteiger partial charge in [-0.25, -0.2) is 0 Å². The second-order valence-corrected chi connectivity index (χ2v) is 6.09. The van der Waals surface area contributed by atoms with Crippen molar-refractivity contribution in [3.8, 4) is 5.75 Å². The topological polar surface area (TPSA) is 67.8 Å². The lowest BCUT2D eigenvalue weighted by molar-refractivity contribution is -0.124. The highest BCUT2D eigenvalue weighted by Gasteiger charge is 2.20. The molecular weight excluding hydrogens is 338 g/mol. The van der Waals surface area contributed by atoms with Gasteiger partial charge in [-0.3, -0.25) is 4.79 Å². The lowest BCUT2D eigenvalue weighted by Gasteiger charge is -2.23. The number of carbonyl (C=O) groups excluding carboxylic acids is 1. The average molecular weight is 360 g/mol. The Bertz CT molecular complexity index is 477. The number of carbonyl (C=O) groups is 1. The van der Waals surface area contributed by atoms with E-state index in [1.54, 1.807) is 20.1 Å². The first kappa shape index (κ1) is 17.9. The average Bonchev–Trinajstić information content (AvgIpc) is 2.42. The van der Waals surface area contributed by atoms with Gasteiger partial charge >= 0.3 is 0 Å². The SMILES string of the molecule is COCCC(C)(O)CNC(=O)COc1ccc(C)cc1Br. The van der Waals surface area contributed by atoms with Gasteiger partial charge in [-0.1, -0.05) is 6.07 Å². The van der Waals surface area contributed by atoms with Gasteiger partial charge in [0.25, 0.3) is 5.91 Å². The van der Waals surface area contributed by atoms with Crippen LogP contribution in [0.15, 0.2) is 22.7 Å². The number of hydrogen-bond donors (Lipinski definition) is 2. The van der Waals surface area contributed by atoms with Crippen LogP contribution in [0.3, 0.4) is 0 Å². The second-order valence-electron chi connectivity index (χ2n) is 5.24. The summed E-state index contributed by atoms with van der Waals surface area (Å²) in [4.78, 5) is 11.7. The molecule has 0 spiro atoms. The molecule has 118 valence electrons. The standard InChI is InChI=1S/C15H22BrNO4/c1-11-4-5-13(12(16)8-11)21-9-14(18)17-10-15(2,19)6-7-20-3/h4-5,8,19H,6-7,9-10H2,1-3H3,(H,17,18). The molecule has 1 unspecified atom stereocenters. The van der Waals surface area contributed by atoms with Crippen LogP contribution >= 0.6 is 15.9 Å². The molecule has 0 heterocycles. The van der Waals surface area contributed by atoms with Crippen LogP contribution in [-0.2, 0) is 9.53 Å². The Morgan fingerprint density at radius 2 is 2.19 bits per heavy atom. The minimum atomic E-state index is -0.990. The smallest absolute Gasteiger partial charge is 0.258 e. The molecule has 1 rings (SSSR count). The van der Waals surface area contributed by atoms with E-state index in [2.05, 4.69) is 21.2 Å². The molecule has 1 aromatic rings. The maximum Gasteiger partial charge on any atom is 0.258 e. The van der Waals surface area contributed by atoms with Crippen LogP contribution in [0.4, 0.5) is 0 Å². The molecule has 1 amide bonds. The third-order valence-corrected chi connectivity index (χ3v) is 3.58. The van der Waals surface area contributed by atoms with Gasteiger partial charge < -0.3 is 19.9 Å². The van der Waals surface area contributed by atoms with Gasteiger partial charge in [0, 0.05) is 26.7 Å². The van der Waals surface area contributed by atoms with E-state index in [0.717, 1.165) is 10.0 Å². The minimum Gasteiger partial charge on any atom is -0.483 e. The number of ether oxygens (including phenoxy) is 2. The van der Waals surface area contributed by atoms with Crippen molar-refractivity contribution in [1.29, 1.82) is 0 Å². The van der Waals surface area contributed by atoms with Gasteiger partial charge in [0.15, 0.2) is 6.61 Å². The third-order valence-electron chi connectivity index (χ3n) is 2.96. The first-order chi connectivity index (χ1) is 9.84. The van der Waals surface area contributed by atoms with Crippen molar-refractivity contribution in [2.75, 3.05) is 26.9 Å². The van der Waals surface area contributed by atoms with Gasteiger partial charge in [0.2, 0.25) is 0 Å². The first-order valence-corrected chi connectivity index (χ1v) is 7.50. The zero-order chi connectivity index (χ0) is 15.9. The molecule has 0 aromatic heterocycles. The zero-order valence-electron chi connectivity index (χ0n) is 12.6. The van der Waals surface area contributed by atoms with E-state index in [0.29, 0.717) is 18.8 Å². The Kier molecular flexibility index (Phi) is 7.14. The zero-order valence-corrected chi connectivity index (χ0v) is 14.2. The summed E-state index contributed by atoms with van der Waals surface area (Å²) in [6.45, 7) is 4.14. The van der Waals surface area contributed by atoms with Gasteiger partial charge in [-0.05, 0) is 47.5 Å². The molecule has 0 aliphatic carbocycles. The van der Waals surface area contributed by atoms with E-state index >= 15 is 0 Å². The predicted octanol–water partition coefficient (Wildman–Crippen LogP) is 2.04. The summed E-state index contributed by atoms with van der Waals surface area (Å²) in [5.41, 5.74) is 0.115. The summed E-state index contributed by atoms with van der Waals surface area (Å²) >= 11 is 3.39. The van der Waals surface area contributed by atoms with Crippen molar-refractivity contribution in [3.63, 3.8) is 0 Å². The largest absolute Gasteiger partial charge is 0.483 e. The van der Waals surface area contributed by atoms with Crippen molar-refractivity contribution in [3.05, 3.63) is 28.2 Å². The quantitative estimate of drug-likeness (QED) is 0.745. The number of nitrogens with one attached hydrogen (secondary N) is 1. The number of aryl methyl sites for hydroxylation is 1. The number of methoxy groups -OCH3 is 1. The predicted molar refractivity (Wildman–Crippen MR) is 84.5 cm³/mol. The molecule has 0 aliphatic heterocycles. The summed E-state index contributed by atoms with van der Waals surface area (Å²) in [7, 11) is 1.57. The lowest BCUT2D eigenvalue weighted by Crippen LogP contribution is -2.42. The van der Waals surface area contributed by atoms with Crippen LogP contribution in [0, 0.1) is 6.92 Å². The normalized spacial score (nSPS) is 13.6. The molecule has 0 saturated carbocycles. The number of benzene rings is 1. The van der Waals surface area contributed by atoms with Crippen molar-refractivity contribution in [2.24, 2.45) is 0 Å². The second kappa shape index (κ2) is 8.36. The molecule has 2 N–H and O–H groups in total. The van der Waals surface area contributed by atoms with Crippen molar-refractivity contribution < 1.29 is 19.4 Å². The van der Waals surface area contributed by atoms with Gasteiger partial charge in [-0.2, -0.15) is 0 Å². The van der Waals surface area contributed by atoms with E-state index in [4.69, 9.17) is 9.47 Å². The molecule has 6 heteroatoms. The Morgan fingerprint density at radius 3 is 2.81 bits per heavy atom. The van der Waals surface area contributed by atoms with E-state index in [1.807, 2.05) is 19.1 Å². The molecule has 0 radical (unpaired) electrons. The maximum absolute atomic E-state index is 11.7. The highest BCUT2D eigenvalue weighted by molar-refractivity contribution is 9.10. The first-order valence-electron chi connectivity index (χ1n) is 6.71. The number of aliphatic hydroxyl groups is 1. The van der Waals surface area contributed by atoms with Crippen LogP contribution < -0.4 is 10.1 Å². The van der Waals surface area contributed by atoms with Gasteiger partial charge in [-0.15, -0.1) is 0 Å². The Hall–Kier alpha value is -1.11. The lowest BCUT2D eigenvalue weighted by atomic mass is 10.0. The third kappa shape index (κ3) is 6.93. The molecule has 0 bridgehead atoms. The summed E-state index contributed by atoms with van der Waals surface area (Å²) < 4.78 is 11.2. The number of halogens is 1. The fourth-order valence-electron chi connectivity index (χ4n) is 1.62. The Labute approximate surface area is 133 Å². The van der Waals surface area contributed by atoms with E-state index in [1.165, 1.54) is 0 Å². The van der Waals surface area contributed by atoms with Crippen molar-refractivity contribution in [2.45, 2.75) is 25.9 Å². The monoisotopic (exact) mass is 359 g/mol. The number of amides is 1.